The van der Waals surface area contributed by atoms with Crippen LogP contribution in [0.15, 0.2) is 23.1 Å². The van der Waals surface area contributed by atoms with E-state index in [9.17, 15) is 0 Å². The van der Waals surface area contributed by atoms with E-state index in [1.54, 1.807) is 37.7 Å². The molecule has 0 saturated heterocycles. The summed E-state index contributed by atoms with van der Waals surface area (Å²) in [4.78, 5) is 1.00. The molecule has 0 atom stereocenters. The number of nitrogen functional groups attached to an aromatic ring is 1. The van der Waals surface area contributed by atoms with Crippen LogP contribution in [-0.2, 0) is 7.05 Å². The van der Waals surface area contributed by atoms with Gasteiger partial charge < -0.3 is 15.2 Å². The number of hydrogen-bond donors (Lipinski definition) is 1. The van der Waals surface area contributed by atoms with Gasteiger partial charge in [-0.25, -0.2) is 0 Å². The third-order valence-electron chi connectivity index (χ3n) is 2.88. The summed E-state index contributed by atoms with van der Waals surface area (Å²) in [6.45, 7) is 0. The molecule has 2 rings (SSSR count). The van der Waals surface area contributed by atoms with Crippen LogP contribution in [-0.4, -0.2) is 30.3 Å². The molecule has 1 aromatic carbocycles. The van der Waals surface area contributed by atoms with Crippen molar-refractivity contribution in [1.29, 1.82) is 0 Å². The summed E-state index contributed by atoms with van der Waals surface area (Å²) in [5.74, 6) is 2.15. The number of ether oxygens (including phenoxy) is 2. The lowest BCUT2D eigenvalue weighted by Crippen LogP contribution is -1.97. The highest BCUT2D eigenvalue weighted by Crippen LogP contribution is 2.40. The zero-order chi connectivity index (χ0) is 14.0. The van der Waals surface area contributed by atoms with Gasteiger partial charge in [-0.3, -0.25) is 4.68 Å². The average Bonchev–Trinajstić information content (AvgIpc) is 2.76. The van der Waals surface area contributed by atoms with Crippen molar-refractivity contribution in [2.45, 2.75) is 4.90 Å². The molecule has 2 N–H and O–H groups in total. The molecule has 0 bridgehead atoms. The van der Waals surface area contributed by atoms with E-state index >= 15 is 0 Å². The predicted molar refractivity (Wildman–Crippen MR) is 77.9 cm³/mol. The number of anilines is 1. The fourth-order valence-electron chi connectivity index (χ4n) is 1.86. The van der Waals surface area contributed by atoms with Gasteiger partial charge >= 0.3 is 0 Å². The van der Waals surface area contributed by atoms with Crippen LogP contribution in [0.25, 0.3) is 11.3 Å². The predicted octanol–water partition coefficient (Wildman–Crippen LogP) is 2.41. The van der Waals surface area contributed by atoms with E-state index in [1.807, 2.05) is 24.5 Å². The molecule has 19 heavy (non-hydrogen) atoms. The van der Waals surface area contributed by atoms with Gasteiger partial charge in [0.05, 0.1) is 24.8 Å². The Balaban J connectivity index is 2.65. The molecule has 102 valence electrons. The third-order valence-corrected chi connectivity index (χ3v) is 3.62. The Morgan fingerprint density at radius 2 is 1.95 bits per heavy atom. The molecule has 0 unspecified atom stereocenters. The molecule has 0 aliphatic rings. The zero-order valence-electron chi connectivity index (χ0n) is 11.4. The number of aromatic nitrogens is 2. The number of aryl methyl sites for hydroxylation is 1. The Kier molecular flexibility index (Phi) is 3.90. The number of benzene rings is 1. The van der Waals surface area contributed by atoms with E-state index in [0.29, 0.717) is 5.82 Å². The maximum absolute atomic E-state index is 5.83. The van der Waals surface area contributed by atoms with Crippen LogP contribution < -0.4 is 15.2 Å². The summed E-state index contributed by atoms with van der Waals surface area (Å²) < 4.78 is 12.5. The van der Waals surface area contributed by atoms with Crippen molar-refractivity contribution in [3.63, 3.8) is 0 Å². The first kappa shape index (κ1) is 13.6. The number of nitrogens with two attached hydrogens (primary N) is 1. The van der Waals surface area contributed by atoms with Crippen LogP contribution in [0.1, 0.15) is 0 Å². The highest BCUT2D eigenvalue weighted by atomic mass is 32.2. The Morgan fingerprint density at radius 1 is 1.21 bits per heavy atom. The summed E-state index contributed by atoms with van der Waals surface area (Å²) in [7, 11) is 5.10. The minimum atomic E-state index is 0.602. The lowest BCUT2D eigenvalue weighted by atomic mass is 10.1. The highest BCUT2D eigenvalue weighted by Gasteiger charge is 2.16. The van der Waals surface area contributed by atoms with Gasteiger partial charge in [0.25, 0.3) is 0 Å². The Hall–Kier alpha value is -1.82. The Morgan fingerprint density at radius 3 is 2.42 bits per heavy atom. The van der Waals surface area contributed by atoms with Crippen molar-refractivity contribution >= 4 is 17.6 Å². The van der Waals surface area contributed by atoms with E-state index in [2.05, 4.69) is 5.10 Å². The van der Waals surface area contributed by atoms with Gasteiger partial charge in [0.1, 0.15) is 17.3 Å². The van der Waals surface area contributed by atoms with Crippen molar-refractivity contribution in [3.8, 4) is 22.8 Å². The van der Waals surface area contributed by atoms with Gasteiger partial charge in [0.15, 0.2) is 0 Å². The average molecular weight is 279 g/mol. The van der Waals surface area contributed by atoms with E-state index in [4.69, 9.17) is 15.2 Å². The molecule has 5 nitrogen and oxygen atoms in total. The summed E-state index contributed by atoms with van der Waals surface area (Å²) in [6, 6.07) is 5.67. The molecule has 0 amide bonds. The second-order valence-corrected chi connectivity index (χ2v) is 4.84. The van der Waals surface area contributed by atoms with Gasteiger partial charge in [0, 0.05) is 18.7 Å². The number of rotatable bonds is 4. The summed E-state index contributed by atoms with van der Waals surface area (Å²) >= 11 is 1.60. The van der Waals surface area contributed by atoms with Crippen molar-refractivity contribution < 1.29 is 9.47 Å². The van der Waals surface area contributed by atoms with Gasteiger partial charge in [-0.05, 0) is 18.4 Å². The van der Waals surface area contributed by atoms with E-state index in [0.717, 1.165) is 27.7 Å². The Labute approximate surface area is 116 Å². The van der Waals surface area contributed by atoms with Gasteiger partial charge in [-0.2, -0.15) is 5.10 Å². The lowest BCUT2D eigenvalue weighted by Gasteiger charge is -2.13. The fourth-order valence-corrected chi connectivity index (χ4v) is 2.47. The summed E-state index contributed by atoms with van der Waals surface area (Å²) in [5, 5.41) is 4.39. The SMILES string of the molecule is COc1cc(SC)c(OC)c(-c2cc(N)n(C)n2)c1. The smallest absolute Gasteiger partial charge is 0.142 e. The molecule has 1 heterocycles. The normalized spacial score (nSPS) is 10.5. The quantitative estimate of drug-likeness (QED) is 0.871. The first-order valence-electron chi connectivity index (χ1n) is 5.70. The molecule has 6 heteroatoms. The van der Waals surface area contributed by atoms with Crippen molar-refractivity contribution in [1.82, 2.24) is 9.78 Å². The molecule has 0 saturated carbocycles. The van der Waals surface area contributed by atoms with E-state index < -0.39 is 0 Å². The van der Waals surface area contributed by atoms with E-state index in [1.165, 1.54) is 0 Å². The topological polar surface area (TPSA) is 62.3 Å². The third kappa shape index (κ3) is 2.49. The monoisotopic (exact) mass is 279 g/mol. The summed E-state index contributed by atoms with van der Waals surface area (Å²) in [5.41, 5.74) is 7.48. The van der Waals surface area contributed by atoms with Gasteiger partial charge in [0.2, 0.25) is 0 Å². The molecule has 2 aromatic rings. The minimum absolute atomic E-state index is 0.602. The molecule has 0 spiro atoms. The summed E-state index contributed by atoms with van der Waals surface area (Å²) in [6.07, 6.45) is 1.99. The molecule has 1 aromatic heterocycles. The molecular formula is C13H17N3O2S. The lowest BCUT2D eigenvalue weighted by molar-refractivity contribution is 0.395. The number of thioether (sulfide) groups is 1. The zero-order valence-corrected chi connectivity index (χ0v) is 12.2. The van der Waals surface area contributed by atoms with Crippen LogP contribution in [0.5, 0.6) is 11.5 Å². The second kappa shape index (κ2) is 5.44. The van der Waals surface area contributed by atoms with Crippen molar-refractivity contribution in [3.05, 3.63) is 18.2 Å². The van der Waals surface area contributed by atoms with Crippen LogP contribution >= 0.6 is 11.8 Å². The molecule has 0 fully saturated rings. The van der Waals surface area contributed by atoms with Gasteiger partial charge in [-0.1, -0.05) is 0 Å². The number of nitrogens with zero attached hydrogens (tertiary/aromatic N) is 2. The largest absolute Gasteiger partial charge is 0.497 e. The van der Waals surface area contributed by atoms with Crippen molar-refractivity contribution in [2.75, 3.05) is 26.2 Å². The minimum Gasteiger partial charge on any atom is -0.497 e. The Bertz CT molecular complexity index is 576. The number of methoxy groups -OCH3 is 2. The van der Waals surface area contributed by atoms with Crippen LogP contribution in [0.4, 0.5) is 5.82 Å². The first-order valence-corrected chi connectivity index (χ1v) is 6.93. The molecule has 0 aliphatic heterocycles. The maximum atomic E-state index is 5.83. The van der Waals surface area contributed by atoms with Crippen molar-refractivity contribution in [2.24, 2.45) is 7.05 Å². The number of hydrogen-bond acceptors (Lipinski definition) is 5. The first-order chi connectivity index (χ1) is 9.10. The van der Waals surface area contributed by atoms with Gasteiger partial charge in [-0.15, -0.1) is 11.8 Å². The van der Waals surface area contributed by atoms with Crippen LogP contribution in [0, 0.1) is 0 Å². The molecule has 0 aliphatic carbocycles. The molecular weight excluding hydrogens is 262 g/mol. The van der Waals surface area contributed by atoms with Crippen LogP contribution in [0.2, 0.25) is 0 Å². The van der Waals surface area contributed by atoms with Crippen LogP contribution in [0.3, 0.4) is 0 Å². The standard InChI is InChI=1S/C13H17N3O2S/c1-16-12(14)7-10(15-16)9-5-8(17-2)6-11(19-4)13(9)18-3/h5-7H,14H2,1-4H3. The highest BCUT2D eigenvalue weighted by molar-refractivity contribution is 7.98. The van der Waals surface area contributed by atoms with E-state index in [-0.39, 0.29) is 0 Å². The fraction of sp³-hybridized carbons (Fsp3) is 0.308. The molecule has 0 radical (unpaired) electrons. The second-order valence-electron chi connectivity index (χ2n) is 3.99. The maximum Gasteiger partial charge on any atom is 0.142 e.